The summed E-state index contributed by atoms with van der Waals surface area (Å²) in [7, 11) is 3.00. The number of non-ortho nitro benzene ring substituents is 1. The van der Waals surface area contributed by atoms with Gasteiger partial charge in [-0.25, -0.2) is 0 Å². The second-order valence-corrected chi connectivity index (χ2v) is 6.83. The molecule has 12 nitrogen and oxygen atoms in total. The Morgan fingerprint density at radius 2 is 1.76 bits per heavy atom. The number of methoxy groups -OCH3 is 2. The van der Waals surface area contributed by atoms with Gasteiger partial charge in [-0.05, 0) is 24.3 Å². The summed E-state index contributed by atoms with van der Waals surface area (Å²) in [6.07, 6.45) is 0. The van der Waals surface area contributed by atoms with Crippen LogP contribution in [0.4, 0.5) is 5.69 Å². The Kier molecular flexibility index (Phi) is 7.41. The molecule has 1 heterocycles. The molecule has 3 aromatic rings. The number of nitrogens with one attached hydrogen (secondary N) is 2. The lowest BCUT2D eigenvalue weighted by Crippen LogP contribution is -2.35. The molecule has 2 aromatic carbocycles. The lowest BCUT2D eigenvalue weighted by molar-refractivity contribution is -0.384. The normalized spacial score (nSPS) is 10.4. The van der Waals surface area contributed by atoms with Crippen molar-refractivity contribution in [1.29, 1.82) is 0 Å². The van der Waals surface area contributed by atoms with E-state index < -0.39 is 16.7 Å². The standard InChI is InChI=1S/C20H18ClN5O7/c1-31-15-6-3-11(9-16(15)32-2)17-24-20(33-25-17)19(28)23-8-7-22-18(27)13-10-12(26(29)30)4-5-14(13)21/h3-6,9-10H,7-8H2,1-2H3,(H,22,27)(H,23,28). The number of rotatable bonds is 9. The minimum absolute atomic E-state index is 0.0280. The lowest BCUT2D eigenvalue weighted by Gasteiger charge is -2.07. The molecule has 0 aliphatic carbocycles. The number of halogens is 1. The zero-order chi connectivity index (χ0) is 24.0. The third-order valence-corrected chi connectivity index (χ3v) is 4.69. The van der Waals surface area contributed by atoms with Crippen molar-refractivity contribution >= 4 is 29.1 Å². The predicted molar refractivity (Wildman–Crippen MR) is 116 cm³/mol. The minimum Gasteiger partial charge on any atom is -0.493 e. The third-order valence-electron chi connectivity index (χ3n) is 4.36. The van der Waals surface area contributed by atoms with E-state index in [-0.39, 0.29) is 41.1 Å². The maximum Gasteiger partial charge on any atom is 0.316 e. The van der Waals surface area contributed by atoms with Crippen LogP contribution in [0.5, 0.6) is 11.5 Å². The van der Waals surface area contributed by atoms with Crippen LogP contribution >= 0.6 is 11.6 Å². The maximum absolute atomic E-state index is 12.2. The van der Waals surface area contributed by atoms with E-state index in [1.807, 2.05) is 0 Å². The average molecular weight is 476 g/mol. The van der Waals surface area contributed by atoms with Crippen LogP contribution in [0.2, 0.25) is 5.02 Å². The van der Waals surface area contributed by atoms with Crippen molar-refractivity contribution in [3.63, 3.8) is 0 Å². The number of nitro groups is 1. The summed E-state index contributed by atoms with van der Waals surface area (Å²) in [5.74, 6) is -0.368. The Hall–Kier alpha value is -4.19. The summed E-state index contributed by atoms with van der Waals surface area (Å²) in [5.41, 5.74) is 0.240. The van der Waals surface area contributed by atoms with Crippen LogP contribution in [-0.4, -0.2) is 54.2 Å². The highest BCUT2D eigenvalue weighted by atomic mass is 35.5. The number of carbonyl (C=O) groups is 2. The largest absolute Gasteiger partial charge is 0.493 e. The Balaban J connectivity index is 1.55. The van der Waals surface area contributed by atoms with Gasteiger partial charge in [0.25, 0.3) is 11.6 Å². The van der Waals surface area contributed by atoms with Gasteiger partial charge in [-0.3, -0.25) is 19.7 Å². The van der Waals surface area contributed by atoms with Crippen molar-refractivity contribution in [3.05, 3.63) is 63.0 Å². The van der Waals surface area contributed by atoms with Gasteiger partial charge >= 0.3 is 11.8 Å². The third kappa shape index (κ3) is 5.54. The van der Waals surface area contributed by atoms with Crippen molar-refractivity contribution in [3.8, 4) is 22.9 Å². The van der Waals surface area contributed by atoms with E-state index >= 15 is 0 Å². The van der Waals surface area contributed by atoms with Gasteiger partial charge < -0.3 is 24.6 Å². The summed E-state index contributed by atoms with van der Waals surface area (Å²) in [5, 5.41) is 19.7. The topological polar surface area (TPSA) is 159 Å². The summed E-state index contributed by atoms with van der Waals surface area (Å²) in [6.45, 7) is 0.0610. The molecular weight excluding hydrogens is 458 g/mol. The molecule has 13 heteroatoms. The maximum atomic E-state index is 12.2. The van der Waals surface area contributed by atoms with E-state index in [0.29, 0.717) is 17.1 Å². The number of aromatic nitrogens is 2. The van der Waals surface area contributed by atoms with E-state index in [4.69, 9.17) is 25.6 Å². The molecule has 172 valence electrons. The first kappa shape index (κ1) is 23.5. The molecule has 0 unspecified atom stereocenters. The summed E-state index contributed by atoms with van der Waals surface area (Å²) in [6, 6.07) is 8.52. The van der Waals surface area contributed by atoms with Crippen molar-refractivity contribution in [2.75, 3.05) is 27.3 Å². The monoisotopic (exact) mass is 475 g/mol. The summed E-state index contributed by atoms with van der Waals surface area (Å²) >= 11 is 5.93. The first-order valence-corrected chi connectivity index (χ1v) is 9.78. The van der Waals surface area contributed by atoms with E-state index in [9.17, 15) is 19.7 Å². The number of nitrogens with zero attached hydrogens (tertiary/aromatic N) is 3. The Morgan fingerprint density at radius 3 is 2.42 bits per heavy atom. The minimum atomic E-state index is -0.642. The summed E-state index contributed by atoms with van der Waals surface area (Å²) < 4.78 is 15.4. The Bertz CT molecular complexity index is 1200. The fourth-order valence-electron chi connectivity index (χ4n) is 2.73. The van der Waals surface area contributed by atoms with Crippen molar-refractivity contribution in [2.45, 2.75) is 0 Å². The van der Waals surface area contributed by atoms with Crippen LogP contribution in [0.25, 0.3) is 11.4 Å². The van der Waals surface area contributed by atoms with Gasteiger partial charge in [-0.15, -0.1) is 0 Å². The zero-order valence-electron chi connectivity index (χ0n) is 17.5. The highest BCUT2D eigenvalue weighted by molar-refractivity contribution is 6.33. The van der Waals surface area contributed by atoms with Crippen LogP contribution in [0.3, 0.4) is 0 Å². The Morgan fingerprint density at radius 1 is 1.06 bits per heavy atom. The first-order chi connectivity index (χ1) is 15.8. The molecule has 3 rings (SSSR count). The molecule has 1 aromatic heterocycles. The smallest absolute Gasteiger partial charge is 0.316 e. The van der Waals surface area contributed by atoms with Gasteiger partial charge in [0.15, 0.2) is 11.5 Å². The molecule has 0 atom stereocenters. The van der Waals surface area contributed by atoms with E-state index in [1.54, 1.807) is 18.2 Å². The highest BCUT2D eigenvalue weighted by Crippen LogP contribution is 2.31. The van der Waals surface area contributed by atoms with Crippen LogP contribution in [0.1, 0.15) is 21.0 Å². The molecular formula is C20H18ClN5O7. The fourth-order valence-corrected chi connectivity index (χ4v) is 2.94. The van der Waals surface area contributed by atoms with Gasteiger partial charge in [0.05, 0.1) is 29.7 Å². The van der Waals surface area contributed by atoms with Gasteiger partial charge in [-0.1, -0.05) is 16.8 Å². The molecule has 0 saturated heterocycles. The van der Waals surface area contributed by atoms with Gasteiger partial charge in [0, 0.05) is 30.8 Å². The van der Waals surface area contributed by atoms with Gasteiger partial charge in [-0.2, -0.15) is 4.98 Å². The van der Waals surface area contributed by atoms with Crippen molar-refractivity contribution in [2.24, 2.45) is 0 Å². The fraction of sp³-hybridized carbons (Fsp3) is 0.200. The van der Waals surface area contributed by atoms with E-state index in [1.165, 1.54) is 26.4 Å². The molecule has 0 bridgehead atoms. The molecule has 0 saturated carbocycles. The first-order valence-electron chi connectivity index (χ1n) is 9.40. The van der Waals surface area contributed by atoms with Crippen LogP contribution < -0.4 is 20.1 Å². The number of ether oxygens (including phenoxy) is 2. The number of benzene rings is 2. The number of hydrogen-bond donors (Lipinski definition) is 2. The number of nitro benzene ring substituents is 1. The molecule has 0 fully saturated rings. The van der Waals surface area contributed by atoms with E-state index in [2.05, 4.69) is 20.8 Å². The number of hydrogen-bond acceptors (Lipinski definition) is 9. The number of amides is 2. The quantitative estimate of drug-likeness (QED) is 0.269. The van der Waals surface area contributed by atoms with Crippen LogP contribution in [0.15, 0.2) is 40.9 Å². The molecule has 0 radical (unpaired) electrons. The second kappa shape index (κ2) is 10.4. The predicted octanol–water partition coefficient (Wildman–Crippen LogP) is 2.48. The molecule has 2 amide bonds. The zero-order valence-corrected chi connectivity index (χ0v) is 18.2. The number of carbonyl (C=O) groups excluding carboxylic acids is 2. The van der Waals surface area contributed by atoms with Gasteiger partial charge in [0.1, 0.15) is 0 Å². The Labute approximate surface area is 192 Å². The average Bonchev–Trinajstić information content (AvgIpc) is 3.31. The second-order valence-electron chi connectivity index (χ2n) is 6.43. The van der Waals surface area contributed by atoms with Crippen LogP contribution in [0, 0.1) is 10.1 Å². The van der Waals surface area contributed by atoms with Crippen molar-refractivity contribution < 1.29 is 28.5 Å². The molecule has 0 spiro atoms. The van der Waals surface area contributed by atoms with Crippen LogP contribution in [-0.2, 0) is 0 Å². The van der Waals surface area contributed by atoms with E-state index in [0.717, 1.165) is 6.07 Å². The van der Waals surface area contributed by atoms with Crippen molar-refractivity contribution in [1.82, 2.24) is 20.8 Å². The highest BCUT2D eigenvalue weighted by Gasteiger charge is 2.18. The lowest BCUT2D eigenvalue weighted by atomic mass is 10.2. The molecule has 2 N–H and O–H groups in total. The molecule has 33 heavy (non-hydrogen) atoms. The summed E-state index contributed by atoms with van der Waals surface area (Å²) in [4.78, 5) is 38.7. The van der Waals surface area contributed by atoms with Gasteiger partial charge in [0.2, 0.25) is 5.82 Å². The molecule has 0 aliphatic rings. The SMILES string of the molecule is COc1ccc(-c2noc(C(=O)NCCNC(=O)c3cc([N+](=O)[O-])ccc3Cl)n2)cc1OC. The molecule has 0 aliphatic heterocycles.